The lowest BCUT2D eigenvalue weighted by Gasteiger charge is -1.88. The molecule has 0 aliphatic carbocycles. The Labute approximate surface area is 78.0 Å². The van der Waals surface area contributed by atoms with Crippen LogP contribution in [-0.4, -0.2) is 25.1 Å². The van der Waals surface area contributed by atoms with E-state index in [1.807, 2.05) is 6.92 Å². The number of aromatic hydroxyl groups is 1. The SMILES string of the molecule is CCOC.O=Cc1ccc(O)cc1. The molecule has 0 atom stereocenters. The first-order chi connectivity index (χ1) is 6.24. The van der Waals surface area contributed by atoms with E-state index in [1.54, 1.807) is 19.2 Å². The van der Waals surface area contributed by atoms with E-state index < -0.39 is 0 Å². The molecule has 3 nitrogen and oxygen atoms in total. The molecule has 0 aromatic heterocycles. The van der Waals surface area contributed by atoms with Gasteiger partial charge in [-0.3, -0.25) is 4.79 Å². The minimum absolute atomic E-state index is 0.181. The van der Waals surface area contributed by atoms with Gasteiger partial charge in [0.25, 0.3) is 0 Å². The summed E-state index contributed by atoms with van der Waals surface area (Å²) in [5, 5.41) is 8.74. The number of hydrogen-bond acceptors (Lipinski definition) is 3. The van der Waals surface area contributed by atoms with E-state index in [4.69, 9.17) is 5.11 Å². The lowest BCUT2D eigenvalue weighted by Crippen LogP contribution is -1.74. The van der Waals surface area contributed by atoms with Gasteiger partial charge in [-0.15, -0.1) is 0 Å². The molecule has 0 radical (unpaired) electrons. The van der Waals surface area contributed by atoms with Crippen molar-refractivity contribution in [2.24, 2.45) is 0 Å². The maximum absolute atomic E-state index is 10.0. The third kappa shape index (κ3) is 5.87. The zero-order chi connectivity index (χ0) is 10.1. The zero-order valence-electron chi connectivity index (χ0n) is 7.86. The van der Waals surface area contributed by atoms with Crippen LogP contribution >= 0.6 is 0 Å². The predicted molar refractivity (Wildman–Crippen MR) is 51.0 cm³/mol. The summed E-state index contributed by atoms with van der Waals surface area (Å²) in [4.78, 5) is 10.0. The van der Waals surface area contributed by atoms with Gasteiger partial charge in [0.1, 0.15) is 12.0 Å². The lowest BCUT2D eigenvalue weighted by atomic mass is 10.2. The number of hydrogen-bond donors (Lipinski definition) is 1. The molecule has 0 spiro atoms. The highest BCUT2D eigenvalue weighted by atomic mass is 16.5. The number of rotatable bonds is 2. The van der Waals surface area contributed by atoms with Crippen molar-refractivity contribution in [3.05, 3.63) is 29.8 Å². The molecule has 0 saturated carbocycles. The number of aldehydes is 1. The number of phenolic OH excluding ortho intramolecular Hbond substituents is 1. The predicted octanol–water partition coefficient (Wildman–Crippen LogP) is 1.86. The van der Waals surface area contributed by atoms with E-state index in [9.17, 15) is 4.79 Å². The van der Waals surface area contributed by atoms with Gasteiger partial charge in [0, 0.05) is 19.3 Å². The van der Waals surface area contributed by atoms with E-state index in [0.29, 0.717) is 5.56 Å². The first-order valence-corrected chi connectivity index (χ1v) is 3.97. The van der Waals surface area contributed by atoms with Crippen LogP contribution in [-0.2, 0) is 4.74 Å². The highest BCUT2D eigenvalue weighted by Crippen LogP contribution is 2.07. The quantitative estimate of drug-likeness (QED) is 0.710. The van der Waals surface area contributed by atoms with Gasteiger partial charge in [-0.1, -0.05) is 0 Å². The van der Waals surface area contributed by atoms with Crippen LogP contribution in [0.3, 0.4) is 0 Å². The fourth-order valence-corrected chi connectivity index (χ4v) is 0.553. The Hall–Kier alpha value is -1.35. The van der Waals surface area contributed by atoms with E-state index in [0.717, 1.165) is 12.9 Å². The number of carbonyl (C=O) groups excluding carboxylic acids is 1. The van der Waals surface area contributed by atoms with Crippen molar-refractivity contribution in [1.82, 2.24) is 0 Å². The summed E-state index contributed by atoms with van der Waals surface area (Å²) in [5.41, 5.74) is 0.577. The number of phenols is 1. The van der Waals surface area contributed by atoms with Gasteiger partial charge in [-0.05, 0) is 31.2 Å². The molecular weight excluding hydrogens is 168 g/mol. The second kappa shape index (κ2) is 7.31. The standard InChI is InChI=1S/C7H6O2.C3H8O/c8-5-6-1-3-7(9)4-2-6;1-3-4-2/h1-5,9H;3H2,1-2H3. The molecular formula is C10H14O3. The maximum atomic E-state index is 10.0. The summed E-state index contributed by atoms with van der Waals surface area (Å²) in [5.74, 6) is 0.181. The Morgan fingerprint density at radius 3 is 2.15 bits per heavy atom. The number of ether oxygens (including phenoxy) is 1. The van der Waals surface area contributed by atoms with Crippen molar-refractivity contribution >= 4 is 6.29 Å². The lowest BCUT2D eigenvalue weighted by molar-refractivity contribution is 0.112. The highest BCUT2D eigenvalue weighted by molar-refractivity contribution is 5.74. The zero-order valence-corrected chi connectivity index (χ0v) is 7.86. The number of methoxy groups -OCH3 is 1. The van der Waals surface area contributed by atoms with Crippen LogP contribution in [0.25, 0.3) is 0 Å². The molecule has 13 heavy (non-hydrogen) atoms. The van der Waals surface area contributed by atoms with Crippen molar-refractivity contribution in [3.8, 4) is 5.75 Å². The van der Waals surface area contributed by atoms with Crippen LogP contribution in [0.1, 0.15) is 17.3 Å². The Bertz CT molecular complexity index is 226. The fourth-order valence-electron chi connectivity index (χ4n) is 0.553. The summed E-state index contributed by atoms with van der Waals surface area (Å²) >= 11 is 0. The Kier molecular flexibility index (Phi) is 6.55. The minimum Gasteiger partial charge on any atom is -0.508 e. The summed E-state index contributed by atoms with van der Waals surface area (Å²) in [6, 6.07) is 6.07. The fraction of sp³-hybridized carbons (Fsp3) is 0.300. The third-order valence-corrected chi connectivity index (χ3v) is 1.32. The van der Waals surface area contributed by atoms with Crippen molar-refractivity contribution in [2.45, 2.75) is 6.92 Å². The molecule has 0 aliphatic heterocycles. The van der Waals surface area contributed by atoms with Crippen LogP contribution in [0.4, 0.5) is 0 Å². The van der Waals surface area contributed by atoms with Crippen molar-refractivity contribution in [1.29, 1.82) is 0 Å². The monoisotopic (exact) mass is 182 g/mol. The Morgan fingerprint density at radius 1 is 1.38 bits per heavy atom. The molecule has 1 aromatic rings. The van der Waals surface area contributed by atoms with Gasteiger partial charge in [0.05, 0.1) is 0 Å². The second-order valence-corrected chi connectivity index (χ2v) is 2.29. The molecule has 0 heterocycles. The molecule has 72 valence electrons. The molecule has 0 saturated heterocycles. The molecule has 0 fully saturated rings. The van der Waals surface area contributed by atoms with E-state index in [2.05, 4.69) is 4.74 Å². The van der Waals surface area contributed by atoms with Crippen molar-refractivity contribution < 1.29 is 14.6 Å². The van der Waals surface area contributed by atoms with Crippen molar-refractivity contribution in [3.63, 3.8) is 0 Å². The normalized spacial score (nSPS) is 8.46. The summed E-state index contributed by atoms with van der Waals surface area (Å²) in [6.45, 7) is 2.78. The molecule has 0 unspecified atom stereocenters. The summed E-state index contributed by atoms with van der Waals surface area (Å²) < 4.78 is 4.54. The molecule has 1 rings (SSSR count). The highest BCUT2D eigenvalue weighted by Gasteiger charge is 1.86. The van der Waals surface area contributed by atoms with E-state index in [1.165, 1.54) is 12.1 Å². The van der Waals surface area contributed by atoms with Crippen molar-refractivity contribution in [2.75, 3.05) is 13.7 Å². The smallest absolute Gasteiger partial charge is 0.150 e. The topological polar surface area (TPSA) is 46.5 Å². The molecule has 0 aliphatic rings. The average molecular weight is 182 g/mol. The molecule has 0 amide bonds. The van der Waals surface area contributed by atoms with E-state index in [-0.39, 0.29) is 5.75 Å². The van der Waals surface area contributed by atoms with E-state index >= 15 is 0 Å². The second-order valence-electron chi connectivity index (χ2n) is 2.29. The van der Waals surface area contributed by atoms with Crippen LogP contribution in [0, 0.1) is 0 Å². The van der Waals surface area contributed by atoms with Crippen LogP contribution in [0.15, 0.2) is 24.3 Å². The maximum Gasteiger partial charge on any atom is 0.150 e. The van der Waals surface area contributed by atoms with Crippen LogP contribution in [0.5, 0.6) is 5.75 Å². The summed E-state index contributed by atoms with van der Waals surface area (Å²) in [6.07, 6.45) is 0.736. The van der Waals surface area contributed by atoms with Gasteiger partial charge < -0.3 is 9.84 Å². The molecule has 3 heteroatoms. The number of benzene rings is 1. The number of carbonyl (C=O) groups is 1. The molecule has 0 bridgehead atoms. The van der Waals surface area contributed by atoms with Gasteiger partial charge in [0.2, 0.25) is 0 Å². The first-order valence-electron chi connectivity index (χ1n) is 3.97. The largest absolute Gasteiger partial charge is 0.508 e. The van der Waals surface area contributed by atoms with Gasteiger partial charge in [-0.2, -0.15) is 0 Å². The summed E-state index contributed by atoms with van der Waals surface area (Å²) in [7, 11) is 1.68. The third-order valence-electron chi connectivity index (χ3n) is 1.32. The van der Waals surface area contributed by atoms with Crippen LogP contribution < -0.4 is 0 Å². The molecule has 1 N–H and O–H groups in total. The average Bonchev–Trinajstić information content (AvgIpc) is 2.19. The van der Waals surface area contributed by atoms with Gasteiger partial charge in [-0.25, -0.2) is 0 Å². The van der Waals surface area contributed by atoms with Gasteiger partial charge in [0.15, 0.2) is 0 Å². The molecule has 1 aromatic carbocycles. The Morgan fingerprint density at radius 2 is 1.85 bits per heavy atom. The van der Waals surface area contributed by atoms with Gasteiger partial charge >= 0.3 is 0 Å². The first kappa shape index (κ1) is 11.6. The Balaban J connectivity index is 0.000000310. The van der Waals surface area contributed by atoms with Crippen LogP contribution in [0.2, 0.25) is 0 Å². The minimum atomic E-state index is 0.181.